The van der Waals surface area contributed by atoms with E-state index in [4.69, 9.17) is 10.5 Å². The van der Waals surface area contributed by atoms with E-state index in [1.54, 1.807) is 6.08 Å². The van der Waals surface area contributed by atoms with E-state index in [1.165, 1.54) is 7.05 Å². The second-order valence-corrected chi connectivity index (χ2v) is 8.18. The van der Waals surface area contributed by atoms with Gasteiger partial charge in [-0.1, -0.05) is 44.2 Å². The molecule has 0 spiro atoms. The molecule has 3 unspecified atom stereocenters. The molecule has 1 heterocycles. The molecule has 1 fully saturated rings. The molecule has 0 saturated heterocycles. The first-order valence-corrected chi connectivity index (χ1v) is 9.95. The molecule has 1 saturated carbocycles. The minimum absolute atomic E-state index is 0.0557. The molecular formula is C22H30N2O4. The van der Waals surface area contributed by atoms with E-state index in [1.807, 2.05) is 44.2 Å². The second kappa shape index (κ2) is 7.95. The van der Waals surface area contributed by atoms with Crippen molar-refractivity contribution >= 4 is 11.8 Å². The zero-order chi connectivity index (χ0) is 20.5. The number of ether oxygens (including phenoxy) is 1. The average molecular weight is 386 g/mol. The summed E-state index contributed by atoms with van der Waals surface area (Å²) in [5.41, 5.74) is 5.93. The highest BCUT2D eigenvalue weighted by molar-refractivity contribution is 5.95. The number of carbonyl (C=O) groups is 2. The molecule has 3 rings (SSSR count). The van der Waals surface area contributed by atoms with Crippen molar-refractivity contribution in [1.29, 1.82) is 0 Å². The van der Waals surface area contributed by atoms with Crippen molar-refractivity contribution in [3.05, 3.63) is 47.7 Å². The Balaban J connectivity index is 2.06. The van der Waals surface area contributed by atoms with E-state index in [2.05, 4.69) is 5.32 Å². The van der Waals surface area contributed by atoms with Gasteiger partial charge in [-0.3, -0.25) is 9.59 Å². The number of likely N-dealkylation sites (N-methyl/N-ethyl adjacent to an activating group) is 1. The third-order valence-electron chi connectivity index (χ3n) is 6.55. The minimum atomic E-state index is -1.09. The third kappa shape index (κ3) is 3.41. The fourth-order valence-electron chi connectivity index (χ4n) is 4.83. The highest BCUT2D eigenvalue weighted by Gasteiger charge is 2.57. The van der Waals surface area contributed by atoms with Gasteiger partial charge in [0.1, 0.15) is 11.5 Å². The third-order valence-corrected chi connectivity index (χ3v) is 6.55. The molecule has 2 amide bonds. The predicted octanol–water partition coefficient (Wildman–Crippen LogP) is 2.09. The summed E-state index contributed by atoms with van der Waals surface area (Å²) in [7, 11) is 1.53. The molecule has 0 aromatic heterocycles. The largest absolute Gasteiger partial charge is 0.483 e. The van der Waals surface area contributed by atoms with Gasteiger partial charge in [0.15, 0.2) is 5.76 Å². The Hall–Kier alpha value is -2.34. The maximum absolute atomic E-state index is 12.9. The maximum Gasteiger partial charge on any atom is 0.285 e. The molecule has 0 radical (unpaired) electrons. The number of nitrogens with one attached hydrogen (secondary N) is 1. The number of rotatable bonds is 5. The fraction of sp³-hybridized carbons (Fsp3) is 0.545. The molecule has 0 bridgehead atoms. The summed E-state index contributed by atoms with van der Waals surface area (Å²) in [6.07, 6.45) is 2.61. The molecule has 1 aromatic carbocycles. The Morgan fingerprint density at radius 1 is 1.29 bits per heavy atom. The average Bonchev–Trinajstić information content (AvgIpc) is 3.11. The lowest BCUT2D eigenvalue weighted by Crippen LogP contribution is -2.52. The molecule has 1 aliphatic heterocycles. The zero-order valence-corrected chi connectivity index (χ0v) is 16.7. The van der Waals surface area contributed by atoms with Crippen LogP contribution in [0.2, 0.25) is 0 Å². The molecule has 6 atom stereocenters. The standard InChI is InChI=1S/C22H30N2O4/c1-13-11-16(9-10-17(13)25)22(21(23)27)12-18(20(26)24-3)28-19(22)14(2)15-7-5-4-6-8-15/h4-8,12-14,16-17,19,25H,9-11H2,1-3H3,(H2,23,27)(H,24,26)/t13-,14?,16-,17-,19?,22?/m0/s1. The number of amides is 2. The fourth-order valence-corrected chi connectivity index (χ4v) is 4.83. The summed E-state index contributed by atoms with van der Waals surface area (Å²) in [6.45, 7) is 3.99. The number of benzene rings is 1. The van der Waals surface area contributed by atoms with Crippen LogP contribution in [0.4, 0.5) is 0 Å². The van der Waals surface area contributed by atoms with Crippen LogP contribution in [-0.2, 0) is 14.3 Å². The Morgan fingerprint density at radius 2 is 1.96 bits per heavy atom. The van der Waals surface area contributed by atoms with Gasteiger partial charge < -0.3 is 20.9 Å². The van der Waals surface area contributed by atoms with Crippen molar-refractivity contribution in [2.24, 2.45) is 23.0 Å². The molecule has 6 heteroatoms. The van der Waals surface area contributed by atoms with Crippen LogP contribution >= 0.6 is 0 Å². The van der Waals surface area contributed by atoms with Gasteiger partial charge in [0.05, 0.1) is 6.10 Å². The van der Waals surface area contributed by atoms with Gasteiger partial charge in [0.2, 0.25) is 5.91 Å². The Morgan fingerprint density at radius 3 is 2.54 bits per heavy atom. The Labute approximate surface area is 166 Å². The van der Waals surface area contributed by atoms with Crippen LogP contribution in [0.25, 0.3) is 0 Å². The number of aliphatic hydroxyl groups excluding tert-OH is 1. The molecule has 28 heavy (non-hydrogen) atoms. The van der Waals surface area contributed by atoms with Gasteiger partial charge in [-0.25, -0.2) is 0 Å². The monoisotopic (exact) mass is 386 g/mol. The van der Waals surface area contributed by atoms with Gasteiger partial charge >= 0.3 is 0 Å². The summed E-state index contributed by atoms with van der Waals surface area (Å²) >= 11 is 0. The van der Waals surface area contributed by atoms with E-state index < -0.39 is 17.4 Å². The normalized spacial score (nSPS) is 33.5. The van der Waals surface area contributed by atoms with E-state index >= 15 is 0 Å². The van der Waals surface area contributed by atoms with Crippen LogP contribution < -0.4 is 11.1 Å². The van der Waals surface area contributed by atoms with Crippen LogP contribution in [0.3, 0.4) is 0 Å². The van der Waals surface area contributed by atoms with Crippen molar-refractivity contribution in [2.75, 3.05) is 7.05 Å². The van der Waals surface area contributed by atoms with Crippen LogP contribution in [-0.4, -0.2) is 36.2 Å². The predicted molar refractivity (Wildman–Crippen MR) is 106 cm³/mol. The van der Waals surface area contributed by atoms with Gasteiger partial charge in [-0.15, -0.1) is 0 Å². The molecule has 4 N–H and O–H groups in total. The van der Waals surface area contributed by atoms with Crippen molar-refractivity contribution in [1.82, 2.24) is 5.32 Å². The summed E-state index contributed by atoms with van der Waals surface area (Å²) in [5.74, 6) is -0.881. The first kappa shape index (κ1) is 20.4. The number of hydrogen-bond acceptors (Lipinski definition) is 4. The minimum Gasteiger partial charge on any atom is -0.483 e. The molecule has 6 nitrogen and oxygen atoms in total. The second-order valence-electron chi connectivity index (χ2n) is 8.18. The Bertz CT molecular complexity index is 763. The molecule has 152 valence electrons. The lowest BCUT2D eigenvalue weighted by molar-refractivity contribution is -0.138. The maximum atomic E-state index is 12.9. The summed E-state index contributed by atoms with van der Waals surface area (Å²) < 4.78 is 6.11. The topological polar surface area (TPSA) is 102 Å². The van der Waals surface area contributed by atoms with E-state index in [0.717, 1.165) is 5.56 Å². The van der Waals surface area contributed by atoms with E-state index in [-0.39, 0.29) is 35.5 Å². The first-order valence-electron chi connectivity index (χ1n) is 9.95. The van der Waals surface area contributed by atoms with Crippen molar-refractivity contribution < 1.29 is 19.4 Å². The molecule has 2 aliphatic rings. The quantitative estimate of drug-likeness (QED) is 0.721. The molecule has 1 aromatic rings. The number of hydrogen-bond donors (Lipinski definition) is 3. The highest BCUT2D eigenvalue weighted by atomic mass is 16.5. The molecule has 1 aliphatic carbocycles. The van der Waals surface area contributed by atoms with Crippen molar-refractivity contribution in [3.8, 4) is 0 Å². The van der Waals surface area contributed by atoms with Crippen LogP contribution in [0.15, 0.2) is 42.2 Å². The lowest BCUT2D eigenvalue weighted by atomic mass is 9.60. The van der Waals surface area contributed by atoms with E-state index in [0.29, 0.717) is 19.3 Å². The number of carbonyl (C=O) groups excluding carboxylic acids is 2. The van der Waals surface area contributed by atoms with Crippen LogP contribution in [0.5, 0.6) is 0 Å². The zero-order valence-electron chi connectivity index (χ0n) is 16.7. The number of primary amides is 1. The van der Waals surface area contributed by atoms with E-state index in [9.17, 15) is 14.7 Å². The summed E-state index contributed by atoms with van der Waals surface area (Å²) in [6, 6.07) is 9.80. The van der Waals surface area contributed by atoms with Crippen molar-refractivity contribution in [3.63, 3.8) is 0 Å². The van der Waals surface area contributed by atoms with Crippen LogP contribution in [0.1, 0.15) is 44.6 Å². The Kier molecular flexibility index (Phi) is 5.79. The summed E-state index contributed by atoms with van der Waals surface area (Å²) in [4.78, 5) is 25.2. The van der Waals surface area contributed by atoms with Gasteiger partial charge in [0.25, 0.3) is 5.91 Å². The smallest absolute Gasteiger partial charge is 0.285 e. The molecular weight excluding hydrogens is 356 g/mol. The number of aliphatic hydroxyl groups is 1. The SMILES string of the molecule is CNC(=O)C1=CC(C(N)=O)([C@H]2CC[C@H](O)[C@@H](C)C2)C(C(C)c2ccccc2)O1. The summed E-state index contributed by atoms with van der Waals surface area (Å²) in [5, 5.41) is 12.7. The first-order chi connectivity index (χ1) is 13.3. The van der Waals surface area contributed by atoms with Crippen molar-refractivity contribution in [2.45, 2.75) is 51.2 Å². The highest BCUT2D eigenvalue weighted by Crippen LogP contribution is 2.52. The number of nitrogens with two attached hydrogens (primary N) is 1. The van der Waals surface area contributed by atoms with Gasteiger partial charge in [-0.05, 0) is 42.7 Å². The van der Waals surface area contributed by atoms with Crippen LogP contribution in [0, 0.1) is 17.3 Å². The van der Waals surface area contributed by atoms with Gasteiger partial charge in [-0.2, -0.15) is 0 Å². The lowest BCUT2D eigenvalue weighted by Gasteiger charge is -2.44. The van der Waals surface area contributed by atoms with Gasteiger partial charge in [0, 0.05) is 13.0 Å².